The predicted molar refractivity (Wildman–Crippen MR) is 251 cm³/mol. The third kappa shape index (κ3) is 5.61. The van der Waals surface area contributed by atoms with E-state index in [9.17, 15) is 0 Å². The predicted octanol–water partition coefficient (Wildman–Crippen LogP) is 16.4. The molecule has 0 spiro atoms. The van der Waals surface area contributed by atoms with Gasteiger partial charge in [0.05, 0.1) is 0 Å². The number of hydrogen-bond acceptors (Lipinski definition) is 4. The van der Waals surface area contributed by atoms with Crippen molar-refractivity contribution in [3.63, 3.8) is 0 Å². The molecule has 282 valence electrons. The van der Waals surface area contributed by atoms with Gasteiger partial charge in [-0.15, -0.1) is 0 Å². The molecule has 0 bridgehead atoms. The molecule has 0 amide bonds. The first-order valence-electron chi connectivity index (χ1n) is 20.3. The van der Waals surface area contributed by atoms with Crippen molar-refractivity contribution in [2.45, 2.75) is 0 Å². The lowest BCUT2D eigenvalue weighted by Crippen LogP contribution is -2.09. The molecular weight excluding hydrogens is 733 g/mol. The van der Waals surface area contributed by atoms with Crippen LogP contribution in [0.15, 0.2) is 227 Å². The molecule has 4 nitrogen and oxygen atoms in total. The minimum absolute atomic E-state index is 0.862. The Morgan fingerprint density at radius 1 is 0.250 bits per heavy atom. The van der Waals surface area contributed by atoms with Crippen molar-refractivity contribution in [1.82, 2.24) is 0 Å². The van der Waals surface area contributed by atoms with E-state index in [1.54, 1.807) is 0 Å². The molecular formula is C56H36N2O2. The van der Waals surface area contributed by atoms with Gasteiger partial charge in [0.1, 0.15) is 22.3 Å². The minimum Gasteiger partial charge on any atom is -0.455 e. The molecule has 0 aliphatic carbocycles. The third-order valence-corrected chi connectivity index (χ3v) is 11.8. The van der Waals surface area contributed by atoms with Crippen LogP contribution in [0.3, 0.4) is 0 Å². The van der Waals surface area contributed by atoms with Crippen LogP contribution in [0.1, 0.15) is 0 Å². The Morgan fingerprint density at radius 2 is 0.583 bits per heavy atom. The molecule has 0 aliphatic rings. The summed E-state index contributed by atoms with van der Waals surface area (Å²) in [7, 11) is 0. The van der Waals surface area contributed by atoms with E-state index < -0.39 is 0 Å². The van der Waals surface area contributed by atoms with Crippen molar-refractivity contribution >= 4 is 99.5 Å². The minimum atomic E-state index is 0.862. The monoisotopic (exact) mass is 768 g/mol. The molecule has 0 saturated heterocycles. The van der Waals surface area contributed by atoms with Crippen molar-refractivity contribution in [2.24, 2.45) is 0 Å². The van der Waals surface area contributed by atoms with E-state index in [1.165, 1.54) is 0 Å². The molecule has 2 aromatic heterocycles. The van der Waals surface area contributed by atoms with Gasteiger partial charge in [0.2, 0.25) is 0 Å². The maximum absolute atomic E-state index is 6.72. The van der Waals surface area contributed by atoms with Gasteiger partial charge < -0.3 is 18.6 Å². The van der Waals surface area contributed by atoms with Crippen LogP contribution in [0.4, 0.5) is 34.1 Å². The van der Waals surface area contributed by atoms with E-state index in [0.717, 1.165) is 111 Å². The molecule has 0 aliphatic heterocycles. The maximum atomic E-state index is 6.72. The van der Waals surface area contributed by atoms with Gasteiger partial charge in [0.25, 0.3) is 0 Å². The lowest BCUT2D eigenvalue weighted by atomic mass is 10.0. The fourth-order valence-electron chi connectivity index (χ4n) is 8.94. The van der Waals surface area contributed by atoms with Gasteiger partial charge in [0.15, 0.2) is 0 Å². The summed E-state index contributed by atoms with van der Waals surface area (Å²) in [5, 5.41) is 8.85. The number of nitrogens with zero attached hydrogens (tertiary/aromatic N) is 2. The van der Waals surface area contributed by atoms with E-state index >= 15 is 0 Å². The van der Waals surface area contributed by atoms with E-state index in [1.807, 2.05) is 0 Å². The van der Waals surface area contributed by atoms with Crippen molar-refractivity contribution in [3.05, 3.63) is 218 Å². The van der Waals surface area contributed by atoms with Crippen LogP contribution in [0.2, 0.25) is 0 Å². The lowest BCUT2D eigenvalue weighted by molar-refractivity contribution is 0.672. The zero-order valence-electron chi connectivity index (χ0n) is 32.5. The third-order valence-electron chi connectivity index (χ3n) is 11.8. The number of rotatable bonds is 7. The Hall–Kier alpha value is -8.08. The van der Waals surface area contributed by atoms with Crippen LogP contribution in [-0.2, 0) is 0 Å². The van der Waals surface area contributed by atoms with Gasteiger partial charge in [0, 0.05) is 66.4 Å². The highest BCUT2D eigenvalue weighted by Gasteiger charge is 2.18. The highest BCUT2D eigenvalue weighted by atomic mass is 16.3. The summed E-state index contributed by atoms with van der Waals surface area (Å²) in [6.45, 7) is 0. The topological polar surface area (TPSA) is 32.8 Å². The van der Waals surface area contributed by atoms with E-state index in [4.69, 9.17) is 8.83 Å². The van der Waals surface area contributed by atoms with Gasteiger partial charge in [-0.05, 0) is 143 Å². The second-order valence-corrected chi connectivity index (χ2v) is 15.3. The van der Waals surface area contributed by atoms with E-state index in [-0.39, 0.29) is 0 Å². The van der Waals surface area contributed by atoms with Crippen LogP contribution in [-0.4, -0.2) is 0 Å². The number of anilines is 6. The number of hydrogen-bond donors (Lipinski definition) is 0. The first kappa shape index (κ1) is 34.0. The average Bonchev–Trinajstić information content (AvgIpc) is 3.89. The quantitative estimate of drug-likeness (QED) is 0.162. The number of benzene rings is 10. The van der Waals surface area contributed by atoms with Gasteiger partial charge in [-0.2, -0.15) is 0 Å². The summed E-state index contributed by atoms with van der Waals surface area (Å²) < 4.78 is 13.4. The smallest absolute Gasteiger partial charge is 0.143 e. The van der Waals surface area contributed by atoms with E-state index in [0.29, 0.717) is 0 Å². The SMILES string of the molecule is c1ccc(N(c2ccccc2)c2ccc3c(ccc4c5ccc(-c6ccc7c(c6)oc6c8ccc(N(c9ccccc9)c9ccccc9)cc8ccc76)cc5oc34)c2)cc1. The Morgan fingerprint density at radius 3 is 0.950 bits per heavy atom. The first-order chi connectivity index (χ1) is 29.7. The molecule has 2 heterocycles. The Labute approximate surface area is 346 Å². The summed E-state index contributed by atoms with van der Waals surface area (Å²) in [5.74, 6) is 0. The van der Waals surface area contributed by atoms with Crippen LogP contribution in [0, 0.1) is 0 Å². The highest BCUT2D eigenvalue weighted by molar-refractivity contribution is 6.17. The number of furan rings is 2. The van der Waals surface area contributed by atoms with Crippen LogP contribution >= 0.6 is 0 Å². The zero-order valence-corrected chi connectivity index (χ0v) is 32.5. The van der Waals surface area contributed by atoms with Crippen molar-refractivity contribution < 1.29 is 8.83 Å². The van der Waals surface area contributed by atoms with Gasteiger partial charge in [-0.1, -0.05) is 97.1 Å². The molecule has 0 unspecified atom stereocenters. The fourth-order valence-corrected chi connectivity index (χ4v) is 8.94. The molecule has 0 saturated carbocycles. The Kier molecular flexibility index (Phi) is 7.82. The summed E-state index contributed by atoms with van der Waals surface area (Å²) in [5.41, 5.74) is 12.3. The van der Waals surface area contributed by atoms with Crippen molar-refractivity contribution in [2.75, 3.05) is 9.80 Å². The molecule has 0 atom stereocenters. The molecule has 12 aromatic rings. The summed E-state index contributed by atoms with van der Waals surface area (Å²) in [6, 6.07) is 77.2. The second-order valence-electron chi connectivity index (χ2n) is 15.3. The Balaban J connectivity index is 0.906. The standard InChI is InChI=1S/C56H36N2O2/c1-5-13-41(14-6-1)57(42-15-7-2-8-16-42)45-25-31-47-39(33-45)23-29-51-49-27-21-37(35-53(49)59-55(47)51)38-22-28-50-52-30-24-40-34-46(26-32-48(40)56(52)60-54(50)36-38)58(43-17-9-3-10-18-43)44-19-11-4-12-20-44/h1-36H. The molecule has 60 heavy (non-hydrogen) atoms. The second kappa shape index (κ2) is 13.8. The zero-order chi connectivity index (χ0) is 39.6. The molecule has 12 rings (SSSR count). The summed E-state index contributed by atoms with van der Waals surface area (Å²) in [4.78, 5) is 4.58. The molecule has 0 N–H and O–H groups in total. The van der Waals surface area contributed by atoms with Crippen molar-refractivity contribution in [3.8, 4) is 11.1 Å². The van der Waals surface area contributed by atoms with Gasteiger partial charge in [-0.3, -0.25) is 0 Å². The van der Waals surface area contributed by atoms with Gasteiger partial charge in [-0.25, -0.2) is 0 Å². The van der Waals surface area contributed by atoms with Crippen LogP contribution in [0.5, 0.6) is 0 Å². The molecule has 0 radical (unpaired) electrons. The van der Waals surface area contributed by atoms with Crippen LogP contribution in [0.25, 0.3) is 76.5 Å². The van der Waals surface area contributed by atoms with Crippen LogP contribution < -0.4 is 9.80 Å². The van der Waals surface area contributed by atoms with Gasteiger partial charge >= 0.3 is 0 Å². The summed E-state index contributed by atoms with van der Waals surface area (Å²) >= 11 is 0. The molecule has 4 heteroatoms. The molecule has 0 fully saturated rings. The Bertz CT molecular complexity index is 3220. The average molecular weight is 769 g/mol. The normalized spacial score (nSPS) is 11.7. The maximum Gasteiger partial charge on any atom is 0.143 e. The first-order valence-corrected chi connectivity index (χ1v) is 20.3. The fraction of sp³-hybridized carbons (Fsp3) is 0. The number of para-hydroxylation sites is 4. The lowest BCUT2D eigenvalue weighted by Gasteiger charge is -2.25. The van der Waals surface area contributed by atoms with E-state index in [2.05, 4.69) is 228 Å². The number of fused-ring (bicyclic) bond motifs is 10. The van der Waals surface area contributed by atoms with Crippen molar-refractivity contribution in [1.29, 1.82) is 0 Å². The summed E-state index contributed by atoms with van der Waals surface area (Å²) in [6.07, 6.45) is 0. The molecule has 10 aromatic carbocycles. The largest absolute Gasteiger partial charge is 0.455 e. The highest BCUT2D eigenvalue weighted by Crippen LogP contribution is 2.43.